The zero-order valence-corrected chi connectivity index (χ0v) is 22.0. The molecule has 0 saturated carbocycles. The maximum Gasteiger partial charge on any atom is 0.245 e. The number of nitrogens with zero attached hydrogens (tertiary/aromatic N) is 1. The molecule has 0 radical (unpaired) electrons. The van der Waals surface area contributed by atoms with Crippen molar-refractivity contribution in [3.63, 3.8) is 0 Å². The number of unbranched alkanes of at least 4 members (excludes halogenated alkanes) is 1. The first-order valence-corrected chi connectivity index (χ1v) is 12.9. The van der Waals surface area contributed by atoms with Crippen LogP contribution in [0.1, 0.15) is 71.8 Å². The van der Waals surface area contributed by atoms with Gasteiger partial charge in [0, 0.05) is 31.5 Å². The summed E-state index contributed by atoms with van der Waals surface area (Å²) in [5.41, 5.74) is 2.01. The van der Waals surface area contributed by atoms with Crippen LogP contribution in [-0.4, -0.2) is 58.9 Å². The van der Waals surface area contributed by atoms with Crippen LogP contribution in [0.2, 0.25) is 0 Å². The third kappa shape index (κ3) is 9.26. The summed E-state index contributed by atoms with van der Waals surface area (Å²) in [7, 11) is 0. The third-order valence-electron chi connectivity index (χ3n) is 6.61. The number of likely N-dealkylation sites (tertiary alicyclic amines) is 1. The summed E-state index contributed by atoms with van der Waals surface area (Å²) in [5, 5.41) is 14.9. The number of hydrogen-bond acceptors (Lipinski definition) is 5. The number of nitrogens with one attached hydrogen (secondary N) is 3. The van der Waals surface area contributed by atoms with Gasteiger partial charge in [0.25, 0.3) is 0 Å². The van der Waals surface area contributed by atoms with Crippen LogP contribution in [0, 0.1) is 11.3 Å². The Morgan fingerprint density at radius 1 is 1.06 bits per heavy atom. The predicted molar refractivity (Wildman–Crippen MR) is 137 cm³/mol. The number of amides is 4. The first-order chi connectivity index (χ1) is 17.0. The molecule has 36 heavy (non-hydrogen) atoms. The second-order valence-corrected chi connectivity index (χ2v) is 10.7. The minimum Gasteiger partial charge on any atom is -0.353 e. The molecule has 1 aliphatic heterocycles. The summed E-state index contributed by atoms with van der Waals surface area (Å²) in [6, 6.07) is 8.82. The van der Waals surface area contributed by atoms with Gasteiger partial charge in [0.15, 0.2) is 0 Å². The normalized spacial score (nSPS) is 16.1. The summed E-state index contributed by atoms with van der Waals surface area (Å²) in [6.07, 6.45) is 3.60. The smallest absolute Gasteiger partial charge is 0.245 e. The minimum absolute atomic E-state index is 0.00311. The van der Waals surface area contributed by atoms with Gasteiger partial charge >= 0.3 is 0 Å². The molecule has 9 nitrogen and oxygen atoms in total. The predicted octanol–water partition coefficient (Wildman–Crippen LogP) is 2.57. The van der Waals surface area contributed by atoms with Gasteiger partial charge in [-0.2, -0.15) is 0 Å². The van der Waals surface area contributed by atoms with E-state index in [0.717, 1.165) is 18.4 Å². The maximum absolute atomic E-state index is 13.5. The fourth-order valence-electron chi connectivity index (χ4n) is 4.44. The molecule has 0 aliphatic carbocycles. The number of carbonyl (C=O) groups is 4. The van der Waals surface area contributed by atoms with Crippen LogP contribution in [0.3, 0.4) is 0 Å². The largest absolute Gasteiger partial charge is 0.353 e. The van der Waals surface area contributed by atoms with Crippen molar-refractivity contribution in [1.82, 2.24) is 21.0 Å². The molecule has 0 spiro atoms. The molecule has 0 bridgehead atoms. The van der Waals surface area contributed by atoms with E-state index in [1.54, 1.807) is 10.4 Å². The number of hydroxylamine groups is 1. The Hall–Kier alpha value is -2.94. The zero-order chi connectivity index (χ0) is 26.7. The van der Waals surface area contributed by atoms with Crippen molar-refractivity contribution < 1.29 is 24.4 Å². The monoisotopic (exact) mass is 502 g/mol. The molecule has 4 amide bonds. The molecular weight excluding hydrogens is 460 g/mol. The Bertz CT molecular complexity index is 876. The Balaban J connectivity index is 1.96. The molecule has 200 valence electrons. The average Bonchev–Trinajstić information content (AvgIpc) is 2.84. The topological polar surface area (TPSA) is 128 Å². The molecular formula is C27H42N4O5. The Morgan fingerprint density at radius 3 is 2.25 bits per heavy atom. The number of benzene rings is 1. The van der Waals surface area contributed by atoms with Crippen LogP contribution in [0.25, 0.3) is 0 Å². The molecule has 1 heterocycles. The summed E-state index contributed by atoms with van der Waals surface area (Å²) in [6.45, 7) is 8.67. The summed E-state index contributed by atoms with van der Waals surface area (Å²) in [5.74, 6) is -1.80. The van der Waals surface area contributed by atoms with E-state index in [0.29, 0.717) is 38.8 Å². The summed E-state index contributed by atoms with van der Waals surface area (Å²) < 4.78 is 0. The van der Waals surface area contributed by atoms with Gasteiger partial charge < -0.3 is 15.5 Å². The van der Waals surface area contributed by atoms with E-state index in [1.165, 1.54) is 0 Å². The molecule has 4 N–H and O–H groups in total. The molecule has 9 heteroatoms. The van der Waals surface area contributed by atoms with Crippen molar-refractivity contribution in [3.05, 3.63) is 35.9 Å². The number of piperidine rings is 1. The van der Waals surface area contributed by atoms with E-state index in [4.69, 9.17) is 5.21 Å². The number of carbonyl (C=O) groups excluding carboxylic acids is 4. The van der Waals surface area contributed by atoms with E-state index in [-0.39, 0.29) is 30.2 Å². The number of hydrogen-bond donors (Lipinski definition) is 4. The van der Waals surface area contributed by atoms with E-state index in [9.17, 15) is 19.2 Å². The molecule has 0 unspecified atom stereocenters. The zero-order valence-electron chi connectivity index (χ0n) is 22.0. The number of rotatable bonds is 11. The van der Waals surface area contributed by atoms with Crippen LogP contribution >= 0.6 is 0 Å². The molecule has 0 aromatic heterocycles. The summed E-state index contributed by atoms with van der Waals surface area (Å²) in [4.78, 5) is 52.4. The molecule has 1 aromatic rings. The van der Waals surface area contributed by atoms with Crippen LogP contribution in [0.4, 0.5) is 0 Å². The van der Waals surface area contributed by atoms with E-state index in [1.807, 2.05) is 58.0 Å². The van der Waals surface area contributed by atoms with Gasteiger partial charge in [0.1, 0.15) is 6.04 Å². The average molecular weight is 503 g/mol. The van der Waals surface area contributed by atoms with Crippen molar-refractivity contribution in [3.8, 4) is 0 Å². The molecule has 1 aromatic carbocycles. The van der Waals surface area contributed by atoms with Crippen molar-refractivity contribution in [1.29, 1.82) is 0 Å². The lowest BCUT2D eigenvalue weighted by Gasteiger charge is -2.39. The van der Waals surface area contributed by atoms with E-state index >= 15 is 0 Å². The highest BCUT2D eigenvalue weighted by atomic mass is 16.5. The molecule has 2 atom stereocenters. The SMILES string of the molecule is CCCC[C@@H](CC(=O)NO)C(=O)N[C@@H](C(=O)N1CCC(NC(=O)Cc2ccccc2)CC1)C(C)(C)C. The Labute approximate surface area is 214 Å². The fourth-order valence-corrected chi connectivity index (χ4v) is 4.44. The summed E-state index contributed by atoms with van der Waals surface area (Å²) >= 11 is 0. The van der Waals surface area contributed by atoms with Crippen molar-refractivity contribution >= 4 is 23.6 Å². The van der Waals surface area contributed by atoms with Gasteiger partial charge in [-0.05, 0) is 30.2 Å². The lowest BCUT2D eigenvalue weighted by molar-refractivity contribution is -0.142. The Kier molecular flexibility index (Phi) is 11.4. The quantitative estimate of drug-likeness (QED) is 0.273. The van der Waals surface area contributed by atoms with Crippen molar-refractivity contribution in [2.75, 3.05) is 13.1 Å². The minimum atomic E-state index is -0.754. The van der Waals surface area contributed by atoms with E-state index < -0.39 is 23.3 Å². The lowest BCUT2D eigenvalue weighted by Crippen LogP contribution is -2.58. The van der Waals surface area contributed by atoms with Crippen LogP contribution in [0.5, 0.6) is 0 Å². The standard InChI is InChI=1S/C27H42N4O5/c1-5-6-12-20(18-23(33)30-36)25(34)29-24(27(2,3)4)26(35)31-15-13-21(14-16-31)28-22(32)17-19-10-8-7-9-11-19/h7-11,20-21,24,36H,5-6,12-18H2,1-4H3,(H,28,32)(H,29,34)(H,30,33)/t20-,24-/m0/s1. The highest BCUT2D eigenvalue weighted by Crippen LogP contribution is 2.24. The molecule has 1 aliphatic rings. The van der Waals surface area contributed by atoms with Gasteiger partial charge in [-0.1, -0.05) is 70.9 Å². The fraction of sp³-hybridized carbons (Fsp3) is 0.630. The Morgan fingerprint density at radius 2 is 1.69 bits per heavy atom. The van der Waals surface area contributed by atoms with Gasteiger partial charge in [-0.15, -0.1) is 0 Å². The molecule has 1 saturated heterocycles. The second kappa shape index (κ2) is 14.0. The lowest BCUT2D eigenvalue weighted by atomic mass is 9.84. The highest BCUT2D eigenvalue weighted by Gasteiger charge is 2.38. The van der Waals surface area contributed by atoms with Gasteiger partial charge in [0.05, 0.1) is 6.42 Å². The van der Waals surface area contributed by atoms with Crippen LogP contribution in [0.15, 0.2) is 30.3 Å². The van der Waals surface area contributed by atoms with Gasteiger partial charge in [-0.3, -0.25) is 24.4 Å². The van der Waals surface area contributed by atoms with Crippen molar-refractivity contribution in [2.24, 2.45) is 11.3 Å². The molecule has 2 rings (SSSR count). The van der Waals surface area contributed by atoms with Gasteiger partial charge in [0.2, 0.25) is 23.6 Å². The maximum atomic E-state index is 13.5. The first kappa shape index (κ1) is 29.3. The third-order valence-corrected chi connectivity index (χ3v) is 6.61. The first-order valence-electron chi connectivity index (χ1n) is 12.9. The van der Waals surface area contributed by atoms with Crippen molar-refractivity contribution in [2.45, 2.75) is 84.7 Å². The van der Waals surface area contributed by atoms with Crippen LogP contribution in [-0.2, 0) is 25.6 Å². The van der Waals surface area contributed by atoms with E-state index in [2.05, 4.69) is 10.6 Å². The molecule has 1 fully saturated rings. The van der Waals surface area contributed by atoms with Crippen LogP contribution < -0.4 is 16.1 Å². The van der Waals surface area contributed by atoms with Gasteiger partial charge in [-0.25, -0.2) is 5.48 Å². The highest BCUT2D eigenvalue weighted by molar-refractivity contribution is 5.91. The second-order valence-electron chi connectivity index (χ2n) is 10.7.